The SMILES string of the molecule is CS/C(N=CN(C)C)=N/N=C/c1ccc(Cl)cc1. The molecule has 0 bridgehead atoms. The number of thioether (sulfide) groups is 1. The summed E-state index contributed by atoms with van der Waals surface area (Å²) in [6, 6.07) is 7.38. The van der Waals surface area contributed by atoms with E-state index in [1.807, 2.05) is 49.5 Å². The molecule has 0 amide bonds. The minimum absolute atomic E-state index is 0.605. The summed E-state index contributed by atoms with van der Waals surface area (Å²) in [6.07, 6.45) is 5.26. The van der Waals surface area contributed by atoms with E-state index < -0.39 is 0 Å². The fourth-order valence-electron chi connectivity index (χ4n) is 0.978. The fourth-order valence-corrected chi connectivity index (χ4v) is 1.39. The van der Waals surface area contributed by atoms with Crippen LogP contribution in [0.2, 0.25) is 5.02 Å². The number of amidine groups is 1. The van der Waals surface area contributed by atoms with Gasteiger partial charge in [0.25, 0.3) is 0 Å². The van der Waals surface area contributed by atoms with Crippen molar-refractivity contribution in [3.05, 3.63) is 34.9 Å². The van der Waals surface area contributed by atoms with Gasteiger partial charge < -0.3 is 4.90 Å². The van der Waals surface area contributed by atoms with Gasteiger partial charge in [-0.05, 0) is 24.0 Å². The second kappa shape index (κ2) is 7.89. The van der Waals surface area contributed by atoms with Gasteiger partial charge in [0.05, 0.1) is 12.6 Å². The van der Waals surface area contributed by atoms with Crippen molar-refractivity contribution in [2.75, 3.05) is 20.4 Å². The first kappa shape index (κ1) is 14.7. The summed E-state index contributed by atoms with van der Waals surface area (Å²) in [7, 11) is 3.80. The van der Waals surface area contributed by atoms with E-state index in [0.29, 0.717) is 10.2 Å². The zero-order chi connectivity index (χ0) is 13.4. The summed E-state index contributed by atoms with van der Waals surface area (Å²) in [5, 5.41) is 9.32. The molecule has 1 rings (SSSR count). The Kier molecular flexibility index (Phi) is 6.46. The van der Waals surface area contributed by atoms with Gasteiger partial charge >= 0.3 is 0 Å². The van der Waals surface area contributed by atoms with Crippen LogP contribution in [0.25, 0.3) is 0 Å². The maximum Gasteiger partial charge on any atom is 0.210 e. The van der Waals surface area contributed by atoms with Crippen molar-refractivity contribution in [2.24, 2.45) is 15.2 Å². The highest BCUT2D eigenvalue weighted by Crippen LogP contribution is 2.08. The molecule has 0 unspecified atom stereocenters. The van der Waals surface area contributed by atoms with Crippen LogP contribution in [0, 0.1) is 0 Å². The monoisotopic (exact) mass is 282 g/mol. The van der Waals surface area contributed by atoms with Crippen LogP contribution in [0.4, 0.5) is 0 Å². The molecule has 0 radical (unpaired) electrons. The van der Waals surface area contributed by atoms with Gasteiger partial charge in [-0.3, -0.25) is 0 Å². The number of hydrogen-bond donors (Lipinski definition) is 0. The highest BCUT2D eigenvalue weighted by atomic mass is 35.5. The predicted octanol–water partition coefficient (Wildman–Crippen LogP) is 2.98. The van der Waals surface area contributed by atoms with Gasteiger partial charge in [-0.1, -0.05) is 35.5 Å². The number of aliphatic imine (C=N–C) groups is 1. The van der Waals surface area contributed by atoms with E-state index in [0.717, 1.165) is 5.56 Å². The van der Waals surface area contributed by atoms with Crippen molar-refractivity contribution >= 4 is 41.1 Å². The van der Waals surface area contributed by atoms with Gasteiger partial charge in [-0.15, -0.1) is 5.10 Å². The number of benzene rings is 1. The molecule has 1 aromatic carbocycles. The number of hydrogen-bond acceptors (Lipinski definition) is 3. The maximum atomic E-state index is 5.79. The standard InChI is InChI=1S/C12H15ClN4S/c1-17(2)9-14-12(18-3)16-15-8-10-4-6-11(13)7-5-10/h4-9H,1-3H3/b14-9?,15-8+,16-12+. The molecule has 0 atom stereocenters. The normalized spacial score (nSPS) is 12.6. The second-order valence-corrected chi connectivity index (χ2v) is 4.80. The Morgan fingerprint density at radius 2 is 1.94 bits per heavy atom. The maximum absolute atomic E-state index is 5.79. The Hall–Kier alpha value is -1.33. The molecule has 0 heterocycles. The van der Waals surface area contributed by atoms with Crippen LogP contribution < -0.4 is 0 Å². The van der Waals surface area contributed by atoms with E-state index in [2.05, 4.69) is 15.2 Å². The van der Waals surface area contributed by atoms with Crippen molar-refractivity contribution in [1.82, 2.24) is 4.90 Å². The van der Waals surface area contributed by atoms with Crippen molar-refractivity contribution in [3.63, 3.8) is 0 Å². The lowest BCUT2D eigenvalue weighted by atomic mass is 10.2. The third-order valence-corrected chi connectivity index (χ3v) is 2.61. The first-order chi connectivity index (χ1) is 8.61. The lowest BCUT2D eigenvalue weighted by molar-refractivity contribution is 0.644. The van der Waals surface area contributed by atoms with Crippen molar-refractivity contribution in [3.8, 4) is 0 Å². The Balaban J connectivity index is 2.68. The van der Waals surface area contributed by atoms with E-state index in [1.165, 1.54) is 11.8 Å². The summed E-state index contributed by atoms with van der Waals surface area (Å²) in [5.41, 5.74) is 0.945. The lowest BCUT2D eigenvalue weighted by Crippen LogP contribution is -2.08. The highest BCUT2D eigenvalue weighted by Gasteiger charge is 1.92. The largest absolute Gasteiger partial charge is 0.369 e. The molecule has 0 spiro atoms. The van der Waals surface area contributed by atoms with Crippen LogP contribution in [0.3, 0.4) is 0 Å². The first-order valence-electron chi connectivity index (χ1n) is 5.23. The smallest absolute Gasteiger partial charge is 0.210 e. The molecule has 0 aliphatic carbocycles. The van der Waals surface area contributed by atoms with E-state index in [-0.39, 0.29) is 0 Å². The van der Waals surface area contributed by atoms with Crippen LogP contribution in [-0.2, 0) is 0 Å². The molecule has 0 aliphatic heterocycles. The highest BCUT2D eigenvalue weighted by molar-refractivity contribution is 8.13. The summed E-state index contributed by atoms with van der Waals surface area (Å²) < 4.78 is 0. The van der Waals surface area contributed by atoms with E-state index in [4.69, 9.17) is 11.6 Å². The van der Waals surface area contributed by atoms with Crippen LogP contribution >= 0.6 is 23.4 Å². The Morgan fingerprint density at radius 3 is 2.50 bits per heavy atom. The predicted molar refractivity (Wildman–Crippen MR) is 82.2 cm³/mol. The molecule has 96 valence electrons. The van der Waals surface area contributed by atoms with Gasteiger partial charge in [-0.25, -0.2) is 4.99 Å². The van der Waals surface area contributed by atoms with Crippen LogP contribution in [0.1, 0.15) is 5.56 Å². The summed E-state index contributed by atoms with van der Waals surface area (Å²) in [5.74, 6) is 0. The quantitative estimate of drug-likeness (QED) is 0.486. The third-order valence-electron chi connectivity index (χ3n) is 1.80. The lowest BCUT2D eigenvalue weighted by Gasteiger charge is -2.01. The fraction of sp³-hybridized carbons (Fsp3) is 0.250. The van der Waals surface area contributed by atoms with Crippen molar-refractivity contribution in [2.45, 2.75) is 0 Å². The number of rotatable bonds is 3. The summed E-state index contributed by atoms with van der Waals surface area (Å²) >= 11 is 7.23. The molecule has 0 N–H and O–H groups in total. The molecule has 6 heteroatoms. The topological polar surface area (TPSA) is 40.3 Å². The first-order valence-corrected chi connectivity index (χ1v) is 6.83. The summed E-state index contributed by atoms with van der Waals surface area (Å²) in [4.78, 5) is 6.01. The molecular weight excluding hydrogens is 268 g/mol. The van der Waals surface area contributed by atoms with Gasteiger partial charge in [0.2, 0.25) is 5.17 Å². The molecular formula is C12H15ClN4S. The molecule has 0 aromatic heterocycles. The summed E-state index contributed by atoms with van der Waals surface area (Å²) in [6.45, 7) is 0. The van der Waals surface area contributed by atoms with Gasteiger partial charge in [0, 0.05) is 19.1 Å². The molecule has 0 fully saturated rings. The molecule has 18 heavy (non-hydrogen) atoms. The van der Waals surface area contributed by atoms with Gasteiger partial charge in [0.1, 0.15) is 0 Å². The van der Waals surface area contributed by atoms with Crippen molar-refractivity contribution in [1.29, 1.82) is 0 Å². The van der Waals surface area contributed by atoms with Crippen LogP contribution in [0.5, 0.6) is 0 Å². The average Bonchev–Trinajstić information content (AvgIpc) is 2.35. The van der Waals surface area contributed by atoms with E-state index >= 15 is 0 Å². The van der Waals surface area contributed by atoms with Gasteiger partial charge in [-0.2, -0.15) is 5.10 Å². The minimum Gasteiger partial charge on any atom is -0.369 e. The van der Waals surface area contributed by atoms with E-state index in [9.17, 15) is 0 Å². The van der Waals surface area contributed by atoms with E-state index in [1.54, 1.807) is 12.6 Å². The average molecular weight is 283 g/mol. The molecule has 4 nitrogen and oxygen atoms in total. The Morgan fingerprint density at radius 1 is 1.28 bits per heavy atom. The molecule has 0 saturated carbocycles. The minimum atomic E-state index is 0.605. The Bertz CT molecular complexity index is 452. The van der Waals surface area contributed by atoms with Crippen molar-refractivity contribution < 1.29 is 0 Å². The number of nitrogens with zero attached hydrogens (tertiary/aromatic N) is 4. The van der Waals surface area contributed by atoms with Gasteiger partial charge in [0.15, 0.2) is 0 Å². The zero-order valence-electron chi connectivity index (χ0n) is 10.5. The molecule has 0 saturated heterocycles. The van der Waals surface area contributed by atoms with Crippen LogP contribution in [0.15, 0.2) is 39.5 Å². The Labute approximate surface area is 116 Å². The second-order valence-electron chi connectivity index (χ2n) is 3.59. The zero-order valence-corrected chi connectivity index (χ0v) is 12.1. The molecule has 1 aromatic rings. The molecule has 0 aliphatic rings. The number of halogens is 1. The third kappa shape index (κ3) is 5.84. The van der Waals surface area contributed by atoms with Crippen LogP contribution in [-0.4, -0.2) is 43.0 Å².